The van der Waals surface area contributed by atoms with Crippen LogP contribution in [0.5, 0.6) is 5.75 Å². The number of rotatable bonds is 6. The van der Waals surface area contributed by atoms with Gasteiger partial charge in [0.2, 0.25) is 0 Å². The lowest BCUT2D eigenvalue weighted by atomic mass is 10.1. The zero-order valence-electron chi connectivity index (χ0n) is 12.8. The lowest BCUT2D eigenvalue weighted by molar-refractivity contribution is 0.286. The van der Waals surface area contributed by atoms with Crippen molar-refractivity contribution in [2.24, 2.45) is 0 Å². The Kier molecular flexibility index (Phi) is 5.42. The van der Waals surface area contributed by atoms with Crippen LogP contribution >= 0.6 is 15.9 Å². The van der Waals surface area contributed by atoms with Crippen molar-refractivity contribution < 1.29 is 4.74 Å². The SMILES string of the molecule is CC(C)(C)NCc1ccccc1OCCn1cc(Br)cn1. The van der Waals surface area contributed by atoms with Crippen LogP contribution in [0.15, 0.2) is 41.1 Å². The van der Waals surface area contributed by atoms with E-state index in [0.29, 0.717) is 6.61 Å². The lowest BCUT2D eigenvalue weighted by Crippen LogP contribution is -2.35. The van der Waals surface area contributed by atoms with Crippen molar-refractivity contribution in [3.05, 3.63) is 46.7 Å². The van der Waals surface area contributed by atoms with E-state index < -0.39 is 0 Å². The predicted molar refractivity (Wildman–Crippen MR) is 88.5 cm³/mol. The molecule has 0 aliphatic rings. The standard InChI is InChI=1S/C16H22BrN3O/c1-16(2,3)18-10-13-6-4-5-7-15(13)21-9-8-20-12-14(17)11-19-20/h4-7,11-12,18H,8-10H2,1-3H3. The van der Waals surface area contributed by atoms with Gasteiger partial charge in [-0.15, -0.1) is 0 Å². The molecule has 0 unspecified atom stereocenters. The van der Waals surface area contributed by atoms with Crippen molar-refractivity contribution in [3.63, 3.8) is 0 Å². The van der Waals surface area contributed by atoms with Gasteiger partial charge in [-0.1, -0.05) is 18.2 Å². The molecule has 4 nitrogen and oxygen atoms in total. The number of halogens is 1. The Morgan fingerprint density at radius 2 is 2.05 bits per heavy atom. The van der Waals surface area contributed by atoms with Gasteiger partial charge in [0.25, 0.3) is 0 Å². The second-order valence-electron chi connectivity index (χ2n) is 5.98. The van der Waals surface area contributed by atoms with E-state index >= 15 is 0 Å². The highest BCUT2D eigenvalue weighted by Crippen LogP contribution is 2.18. The summed E-state index contributed by atoms with van der Waals surface area (Å²) in [5.74, 6) is 0.931. The van der Waals surface area contributed by atoms with Crippen LogP contribution in [0.4, 0.5) is 0 Å². The molecule has 0 saturated carbocycles. The van der Waals surface area contributed by atoms with Gasteiger partial charge < -0.3 is 10.1 Å². The summed E-state index contributed by atoms with van der Waals surface area (Å²) >= 11 is 3.39. The maximum absolute atomic E-state index is 5.90. The molecule has 5 heteroatoms. The summed E-state index contributed by atoms with van der Waals surface area (Å²) in [7, 11) is 0. The molecule has 21 heavy (non-hydrogen) atoms. The number of hydrogen-bond donors (Lipinski definition) is 1. The van der Waals surface area contributed by atoms with Gasteiger partial charge in [0.05, 0.1) is 17.2 Å². The molecule has 0 aliphatic carbocycles. The fraction of sp³-hybridized carbons (Fsp3) is 0.438. The van der Waals surface area contributed by atoms with Crippen LogP contribution in [-0.4, -0.2) is 21.9 Å². The first-order valence-corrected chi connectivity index (χ1v) is 7.87. The molecule has 0 fully saturated rings. The van der Waals surface area contributed by atoms with Crippen LogP contribution in [0.2, 0.25) is 0 Å². The van der Waals surface area contributed by atoms with E-state index in [1.807, 2.05) is 29.1 Å². The Balaban J connectivity index is 1.90. The quantitative estimate of drug-likeness (QED) is 0.863. The third kappa shape index (κ3) is 5.52. The molecule has 1 N–H and O–H groups in total. The van der Waals surface area contributed by atoms with E-state index in [1.54, 1.807) is 6.20 Å². The third-order valence-corrected chi connectivity index (χ3v) is 3.37. The van der Waals surface area contributed by atoms with E-state index in [4.69, 9.17) is 4.74 Å². The molecule has 0 spiro atoms. The van der Waals surface area contributed by atoms with Crippen molar-refractivity contribution in [2.45, 2.75) is 39.4 Å². The first kappa shape index (κ1) is 16.0. The van der Waals surface area contributed by atoms with Gasteiger partial charge in [-0.3, -0.25) is 4.68 Å². The van der Waals surface area contributed by atoms with Gasteiger partial charge in [-0.25, -0.2) is 0 Å². The lowest BCUT2D eigenvalue weighted by Gasteiger charge is -2.21. The highest BCUT2D eigenvalue weighted by molar-refractivity contribution is 9.10. The Bertz CT molecular complexity index is 575. The zero-order valence-corrected chi connectivity index (χ0v) is 14.4. The summed E-state index contributed by atoms with van der Waals surface area (Å²) in [5, 5.41) is 7.70. The molecule has 0 bridgehead atoms. The van der Waals surface area contributed by atoms with Crippen LogP contribution < -0.4 is 10.1 Å². The van der Waals surface area contributed by atoms with E-state index in [0.717, 1.165) is 23.3 Å². The van der Waals surface area contributed by atoms with E-state index in [2.05, 4.69) is 53.2 Å². The molecule has 1 aromatic heterocycles. The van der Waals surface area contributed by atoms with E-state index in [1.165, 1.54) is 5.56 Å². The van der Waals surface area contributed by atoms with Gasteiger partial charge in [-0.05, 0) is 42.8 Å². The second-order valence-corrected chi connectivity index (χ2v) is 6.90. The molecule has 114 valence electrons. The monoisotopic (exact) mass is 351 g/mol. The van der Waals surface area contributed by atoms with E-state index in [9.17, 15) is 0 Å². The normalized spacial score (nSPS) is 11.6. The van der Waals surface area contributed by atoms with Crippen molar-refractivity contribution in [3.8, 4) is 5.75 Å². The maximum Gasteiger partial charge on any atom is 0.123 e. The first-order chi connectivity index (χ1) is 9.94. The molecule has 0 radical (unpaired) electrons. The predicted octanol–water partition coefficient (Wildman–Crippen LogP) is 3.61. The van der Waals surface area contributed by atoms with Gasteiger partial charge in [-0.2, -0.15) is 5.10 Å². The zero-order chi connectivity index (χ0) is 15.3. The molecule has 0 saturated heterocycles. The molecule has 0 aliphatic heterocycles. The van der Waals surface area contributed by atoms with Crippen LogP contribution in [0.25, 0.3) is 0 Å². The molecule has 1 heterocycles. The fourth-order valence-corrected chi connectivity index (χ4v) is 2.19. The van der Waals surface area contributed by atoms with Crippen LogP contribution in [0.3, 0.4) is 0 Å². The van der Waals surface area contributed by atoms with Crippen molar-refractivity contribution in [1.82, 2.24) is 15.1 Å². The maximum atomic E-state index is 5.90. The Morgan fingerprint density at radius 3 is 2.71 bits per heavy atom. The number of benzene rings is 1. The van der Waals surface area contributed by atoms with Gasteiger partial charge in [0, 0.05) is 23.8 Å². The summed E-state index contributed by atoms with van der Waals surface area (Å²) in [6.45, 7) is 8.60. The number of nitrogens with zero attached hydrogens (tertiary/aromatic N) is 2. The van der Waals surface area contributed by atoms with Gasteiger partial charge in [0.15, 0.2) is 0 Å². The second kappa shape index (κ2) is 7.09. The fourth-order valence-electron chi connectivity index (χ4n) is 1.86. The number of ether oxygens (including phenoxy) is 1. The summed E-state index contributed by atoms with van der Waals surface area (Å²) in [6.07, 6.45) is 3.72. The van der Waals surface area contributed by atoms with Crippen LogP contribution in [-0.2, 0) is 13.1 Å². The molecule has 1 aromatic carbocycles. The number of nitrogens with one attached hydrogen (secondary N) is 1. The smallest absolute Gasteiger partial charge is 0.123 e. The number of hydrogen-bond acceptors (Lipinski definition) is 3. The third-order valence-electron chi connectivity index (χ3n) is 2.96. The highest BCUT2D eigenvalue weighted by Gasteiger charge is 2.10. The number of para-hydroxylation sites is 1. The van der Waals surface area contributed by atoms with E-state index in [-0.39, 0.29) is 5.54 Å². The largest absolute Gasteiger partial charge is 0.491 e. The van der Waals surface area contributed by atoms with Gasteiger partial charge in [0.1, 0.15) is 12.4 Å². The van der Waals surface area contributed by atoms with Gasteiger partial charge >= 0.3 is 0 Å². The summed E-state index contributed by atoms with van der Waals surface area (Å²) in [6, 6.07) is 8.15. The van der Waals surface area contributed by atoms with Crippen molar-refractivity contribution in [1.29, 1.82) is 0 Å². The van der Waals surface area contributed by atoms with Crippen molar-refractivity contribution in [2.75, 3.05) is 6.61 Å². The highest BCUT2D eigenvalue weighted by atomic mass is 79.9. The van der Waals surface area contributed by atoms with Crippen molar-refractivity contribution >= 4 is 15.9 Å². The number of aromatic nitrogens is 2. The summed E-state index contributed by atoms with van der Waals surface area (Å²) in [5.41, 5.74) is 1.27. The summed E-state index contributed by atoms with van der Waals surface area (Å²) < 4.78 is 8.74. The molecule has 0 atom stereocenters. The first-order valence-electron chi connectivity index (χ1n) is 7.08. The van der Waals surface area contributed by atoms with Crippen LogP contribution in [0.1, 0.15) is 26.3 Å². The minimum atomic E-state index is 0.0917. The molecular weight excluding hydrogens is 330 g/mol. The Hall–Kier alpha value is -1.33. The minimum Gasteiger partial charge on any atom is -0.491 e. The topological polar surface area (TPSA) is 39.1 Å². The molecule has 2 rings (SSSR count). The average molecular weight is 352 g/mol. The molecular formula is C16H22BrN3O. The van der Waals surface area contributed by atoms with Crippen LogP contribution in [0, 0.1) is 0 Å². The minimum absolute atomic E-state index is 0.0917. The Labute approximate surface area is 134 Å². The molecule has 2 aromatic rings. The average Bonchev–Trinajstić information content (AvgIpc) is 2.82. The summed E-state index contributed by atoms with van der Waals surface area (Å²) in [4.78, 5) is 0. The molecule has 0 amide bonds. The Morgan fingerprint density at radius 1 is 1.29 bits per heavy atom.